The van der Waals surface area contributed by atoms with Crippen LogP contribution in [0.5, 0.6) is 0 Å². The molecular formula is C20H17N3O2S. The molecule has 0 spiro atoms. The van der Waals surface area contributed by atoms with Crippen LogP contribution in [0.2, 0.25) is 0 Å². The molecule has 6 heteroatoms. The molecule has 26 heavy (non-hydrogen) atoms. The summed E-state index contributed by atoms with van der Waals surface area (Å²) in [7, 11) is 0. The van der Waals surface area contributed by atoms with Gasteiger partial charge >= 0.3 is 0 Å². The Morgan fingerprint density at radius 2 is 2.00 bits per heavy atom. The maximum Gasteiger partial charge on any atom is 0.255 e. The number of hydrogen-bond acceptors (Lipinski definition) is 4. The highest BCUT2D eigenvalue weighted by atomic mass is 32.1. The lowest BCUT2D eigenvalue weighted by Crippen LogP contribution is -2.31. The summed E-state index contributed by atoms with van der Waals surface area (Å²) in [6.45, 7) is 0.522. The normalized spacial score (nSPS) is 14.2. The smallest absolute Gasteiger partial charge is 0.255 e. The third kappa shape index (κ3) is 3.23. The van der Waals surface area contributed by atoms with Crippen LogP contribution in [0.3, 0.4) is 0 Å². The average molecular weight is 363 g/mol. The molecule has 0 aliphatic carbocycles. The summed E-state index contributed by atoms with van der Waals surface area (Å²) >= 11 is 1.56. The predicted octanol–water partition coefficient (Wildman–Crippen LogP) is 3.87. The first-order valence-corrected chi connectivity index (χ1v) is 9.23. The third-order valence-corrected chi connectivity index (χ3v) is 5.38. The Morgan fingerprint density at radius 1 is 1.15 bits per heavy atom. The van der Waals surface area contributed by atoms with E-state index < -0.39 is 0 Å². The molecule has 0 radical (unpaired) electrons. The van der Waals surface area contributed by atoms with Crippen LogP contribution in [0.4, 0.5) is 5.82 Å². The molecule has 0 fully saturated rings. The van der Waals surface area contributed by atoms with Gasteiger partial charge in [0.25, 0.3) is 5.91 Å². The molecule has 130 valence electrons. The fraction of sp³-hybridized carbons (Fsp3) is 0.150. The summed E-state index contributed by atoms with van der Waals surface area (Å²) in [5.74, 6) is 0.328. The van der Waals surface area contributed by atoms with Crippen molar-refractivity contribution in [3.8, 4) is 0 Å². The third-order valence-electron chi connectivity index (χ3n) is 4.41. The molecule has 2 amide bonds. The van der Waals surface area contributed by atoms with Gasteiger partial charge in [-0.25, -0.2) is 4.98 Å². The van der Waals surface area contributed by atoms with Gasteiger partial charge in [-0.05, 0) is 35.2 Å². The van der Waals surface area contributed by atoms with Gasteiger partial charge in [-0.2, -0.15) is 0 Å². The zero-order valence-electron chi connectivity index (χ0n) is 14.0. The zero-order chi connectivity index (χ0) is 17.9. The first-order valence-electron chi connectivity index (χ1n) is 8.35. The van der Waals surface area contributed by atoms with E-state index in [9.17, 15) is 9.59 Å². The summed E-state index contributed by atoms with van der Waals surface area (Å²) < 4.78 is 0. The molecular weight excluding hydrogens is 346 g/mol. The van der Waals surface area contributed by atoms with E-state index in [2.05, 4.69) is 10.3 Å². The second kappa shape index (κ2) is 7.09. The van der Waals surface area contributed by atoms with Crippen LogP contribution in [-0.2, 0) is 11.3 Å². The Kier molecular flexibility index (Phi) is 4.50. The van der Waals surface area contributed by atoms with Gasteiger partial charge in [0.15, 0.2) is 0 Å². The summed E-state index contributed by atoms with van der Waals surface area (Å²) in [5, 5.41) is 4.78. The fourth-order valence-corrected chi connectivity index (χ4v) is 4.02. The Morgan fingerprint density at radius 3 is 2.73 bits per heavy atom. The second-order valence-corrected chi connectivity index (χ2v) is 7.07. The van der Waals surface area contributed by atoms with Gasteiger partial charge < -0.3 is 10.2 Å². The van der Waals surface area contributed by atoms with Gasteiger partial charge in [-0.15, -0.1) is 11.3 Å². The molecule has 0 saturated heterocycles. The lowest BCUT2D eigenvalue weighted by molar-refractivity contribution is -0.117. The van der Waals surface area contributed by atoms with Crippen LogP contribution in [-0.4, -0.2) is 21.7 Å². The molecule has 1 aromatic carbocycles. The number of benzene rings is 1. The molecule has 1 aliphatic rings. The van der Waals surface area contributed by atoms with E-state index in [4.69, 9.17) is 0 Å². The van der Waals surface area contributed by atoms with Gasteiger partial charge in [0.05, 0.1) is 12.5 Å². The van der Waals surface area contributed by atoms with Crippen LogP contribution in [0.15, 0.2) is 66.2 Å². The number of aromatic nitrogens is 1. The van der Waals surface area contributed by atoms with Gasteiger partial charge in [0, 0.05) is 23.2 Å². The van der Waals surface area contributed by atoms with E-state index in [1.807, 2.05) is 47.8 Å². The Labute approximate surface area is 155 Å². The molecule has 4 rings (SSSR count). The molecule has 1 atom stereocenters. The molecule has 2 aromatic heterocycles. The Hall–Kier alpha value is -2.99. The van der Waals surface area contributed by atoms with Crippen molar-refractivity contribution in [2.45, 2.75) is 19.0 Å². The highest BCUT2D eigenvalue weighted by molar-refractivity contribution is 7.10. The number of rotatable bonds is 5. The molecule has 0 unspecified atom stereocenters. The second-order valence-electron chi connectivity index (χ2n) is 6.09. The fourth-order valence-electron chi connectivity index (χ4n) is 3.18. The zero-order valence-corrected chi connectivity index (χ0v) is 14.8. The number of thiophene rings is 1. The van der Waals surface area contributed by atoms with E-state index in [0.717, 1.165) is 16.0 Å². The predicted molar refractivity (Wildman–Crippen MR) is 101 cm³/mol. The largest absolute Gasteiger partial charge is 0.326 e. The maximum atomic E-state index is 12.9. The van der Waals surface area contributed by atoms with E-state index in [0.29, 0.717) is 12.4 Å². The lowest BCUT2D eigenvalue weighted by atomic mass is 10.1. The molecule has 0 saturated carbocycles. The van der Waals surface area contributed by atoms with Crippen molar-refractivity contribution >= 4 is 29.0 Å². The lowest BCUT2D eigenvalue weighted by Gasteiger charge is -2.26. The van der Waals surface area contributed by atoms with Gasteiger partial charge in [-0.1, -0.05) is 30.3 Å². The number of hydrogen-bond donors (Lipinski definition) is 1. The first-order chi connectivity index (χ1) is 12.7. The quantitative estimate of drug-likeness (QED) is 0.748. The minimum atomic E-state index is -0.293. The summed E-state index contributed by atoms with van der Waals surface area (Å²) in [6, 6.07) is 16.6. The van der Waals surface area contributed by atoms with Gasteiger partial charge in [0.2, 0.25) is 5.91 Å². The molecule has 1 aliphatic heterocycles. The van der Waals surface area contributed by atoms with Crippen LogP contribution in [0.1, 0.15) is 33.3 Å². The first kappa shape index (κ1) is 16.5. The minimum absolute atomic E-state index is 0.0235. The number of anilines is 1. The van der Waals surface area contributed by atoms with E-state index in [-0.39, 0.29) is 24.3 Å². The van der Waals surface area contributed by atoms with E-state index in [1.54, 1.807) is 34.6 Å². The SMILES string of the molecule is O=C(C[C@@H](c1cccs1)N1Cc2ccccc2C1=O)Nc1ccccn1. The highest BCUT2D eigenvalue weighted by Crippen LogP contribution is 2.35. The summed E-state index contributed by atoms with van der Waals surface area (Å²) in [6.07, 6.45) is 1.82. The molecule has 1 N–H and O–H groups in total. The van der Waals surface area contributed by atoms with Crippen LogP contribution < -0.4 is 5.32 Å². The van der Waals surface area contributed by atoms with Gasteiger partial charge in [0.1, 0.15) is 5.82 Å². The summed E-state index contributed by atoms with van der Waals surface area (Å²) in [5.41, 5.74) is 1.73. The minimum Gasteiger partial charge on any atom is -0.326 e. The topological polar surface area (TPSA) is 62.3 Å². The number of pyridine rings is 1. The molecule has 0 bridgehead atoms. The van der Waals surface area contributed by atoms with E-state index in [1.165, 1.54) is 0 Å². The monoisotopic (exact) mass is 363 g/mol. The number of amides is 2. The molecule has 3 heterocycles. The number of carbonyl (C=O) groups is 2. The van der Waals surface area contributed by atoms with Crippen molar-refractivity contribution in [3.63, 3.8) is 0 Å². The van der Waals surface area contributed by atoms with Crippen LogP contribution >= 0.6 is 11.3 Å². The molecule has 5 nitrogen and oxygen atoms in total. The van der Waals surface area contributed by atoms with E-state index >= 15 is 0 Å². The summed E-state index contributed by atoms with van der Waals surface area (Å²) in [4.78, 5) is 32.3. The van der Waals surface area contributed by atoms with Crippen molar-refractivity contribution in [3.05, 3.63) is 82.2 Å². The standard InChI is InChI=1S/C20H17N3O2S/c24-19(22-18-9-3-4-10-21-18)12-16(17-8-5-11-26-17)23-13-14-6-1-2-7-15(14)20(23)25/h1-11,16H,12-13H2,(H,21,22,24)/t16-/m0/s1. The van der Waals surface area contributed by atoms with Gasteiger partial charge in [-0.3, -0.25) is 9.59 Å². The Balaban J connectivity index is 1.57. The molecule has 3 aromatic rings. The van der Waals surface area contributed by atoms with Crippen molar-refractivity contribution in [2.24, 2.45) is 0 Å². The number of carbonyl (C=O) groups excluding carboxylic acids is 2. The van der Waals surface area contributed by atoms with Crippen LogP contribution in [0.25, 0.3) is 0 Å². The van der Waals surface area contributed by atoms with Crippen molar-refractivity contribution in [1.82, 2.24) is 9.88 Å². The van der Waals surface area contributed by atoms with Crippen molar-refractivity contribution in [1.29, 1.82) is 0 Å². The van der Waals surface area contributed by atoms with Crippen molar-refractivity contribution in [2.75, 3.05) is 5.32 Å². The maximum absolute atomic E-state index is 12.9. The Bertz CT molecular complexity index is 925. The number of nitrogens with zero attached hydrogens (tertiary/aromatic N) is 2. The average Bonchev–Trinajstić information content (AvgIpc) is 3.30. The van der Waals surface area contributed by atoms with Crippen molar-refractivity contribution < 1.29 is 9.59 Å². The highest BCUT2D eigenvalue weighted by Gasteiger charge is 2.34. The van der Waals surface area contributed by atoms with Crippen LogP contribution in [0, 0.1) is 0 Å². The number of fused-ring (bicyclic) bond motifs is 1. The number of nitrogens with one attached hydrogen (secondary N) is 1.